The van der Waals surface area contributed by atoms with Crippen LogP contribution in [0.4, 0.5) is 5.69 Å². The van der Waals surface area contributed by atoms with Crippen LogP contribution in [-0.4, -0.2) is 180 Å². The first kappa shape index (κ1) is 103. The van der Waals surface area contributed by atoms with Crippen molar-refractivity contribution >= 4 is 101 Å². The molecule has 5 fully saturated rings. The molecule has 117 heavy (non-hydrogen) atoms. The van der Waals surface area contributed by atoms with Gasteiger partial charge in [0.25, 0.3) is 0 Å². The predicted molar refractivity (Wildman–Crippen MR) is 490 cm³/mol. The summed E-state index contributed by atoms with van der Waals surface area (Å²) in [6.45, 7) is 5.08. The summed E-state index contributed by atoms with van der Waals surface area (Å²) in [6.07, 6.45) is 33.5. The molecule has 3 aromatic carbocycles. The number of nitrogens with two attached hydrogens (primary N) is 19. The Labute approximate surface area is 693 Å². The first-order chi connectivity index (χ1) is 55.9. The Kier molecular flexibility index (Phi) is 56.0. The number of para-hydroxylation sites is 1. The molecule has 0 atom stereocenters. The van der Waals surface area contributed by atoms with E-state index in [1.165, 1.54) is 171 Å². The van der Waals surface area contributed by atoms with Gasteiger partial charge in [-0.15, -0.1) is 0 Å². The van der Waals surface area contributed by atoms with E-state index in [4.69, 9.17) is 120 Å². The van der Waals surface area contributed by atoms with Crippen molar-refractivity contribution in [1.29, 1.82) is 10.8 Å². The van der Waals surface area contributed by atoms with E-state index in [2.05, 4.69) is 85.8 Å². The molecule has 40 heteroatoms. The fraction of sp³-hybridized carbons (Fsp3) is 0.558. The summed E-state index contributed by atoms with van der Waals surface area (Å²) in [6, 6.07) is 28.9. The summed E-state index contributed by atoms with van der Waals surface area (Å²) in [5, 5.41) is 22.9. The van der Waals surface area contributed by atoms with Gasteiger partial charge in [0.05, 0.1) is 12.2 Å². The molecule has 43 N–H and O–H groups in total. The van der Waals surface area contributed by atoms with Crippen LogP contribution >= 0.6 is 0 Å². The van der Waals surface area contributed by atoms with Gasteiger partial charge < -0.3 is 119 Å². The predicted octanol–water partition coefficient (Wildman–Crippen LogP) is 2.16. The van der Waals surface area contributed by atoms with E-state index >= 15 is 0 Å². The van der Waals surface area contributed by atoms with Gasteiger partial charge in [0.1, 0.15) is 0 Å². The molecule has 8 rings (SSSR count). The maximum atomic E-state index is 7.20. The molecule has 3 aromatic rings. The second-order valence-electron chi connectivity index (χ2n) is 28.5. The molecular weight excluding hydrogens is 1490 g/mol. The number of benzene rings is 3. The van der Waals surface area contributed by atoms with Gasteiger partial charge in [-0.05, 0) is 123 Å². The molecule has 0 unspecified atom stereocenters. The average molecular weight is 1630 g/mol. The Balaban J connectivity index is 0.000000669. The molecule has 0 aliphatic heterocycles. The van der Waals surface area contributed by atoms with Gasteiger partial charge in [-0.2, -0.15) is 25.0 Å². The van der Waals surface area contributed by atoms with Crippen molar-refractivity contribution in [3.8, 4) is 0 Å². The lowest BCUT2D eigenvalue weighted by Crippen LogP contribution is -2.45. The van der Waals surface area contributed by atoms with Gasteiger partial charge >= 0.3 is 0 Å². The van der Waals surface area contributed by atoms with Crippen LogP contribution in [0.1, 0.15) is 172 Å². The van der Waals surface area contributed by atoms with E-state index in [-0.39, 0.29) is 65.6 Å². The standard InChI is InChI=1S/C11H23N5.3C10H21N5.C10H15N5.C9H19N5.C9H13N5.C8H11N5/c1-16(2)11(13)15-10(12)14-8-9-6-4-3-5-7-9;1-13-9(11)15-10(12)14-7-8-5-3-2-4-6-8;1-15(9(11)12)10(13)14-7-8-5-3-2-4-6-8;1-13-10(15-9(11)12)14-7-8-5-3-2-4-6-8;11-9(12)15-10(13)14-7-6-8-4-2-1-3-5-8;2*10-8(11)14-9(12)13-6-7-4-2-1-3-5-7;9-7(10)13-8(11)12-6-4-2-1-3-5-6/h9H,3-8H2,1-2H3,(H4,12,13,14,15);8H,2-7H2,1H3,(H5,11,12,13,14,15);8H,2-7H2,1H3,(H3,11,12)(H2,13,14);8H,2-7H2,1H3,(H5,11,12,13,14,15);1-5H,6-7H2,(H6,11,12,13,14,15);7H,1-6H2,(H6,10,11,12,13,14);1-5H,6H2,(H6,10,11,12,13,14);1-5H,(H6,9,10,11,12,13). The molecule has 0 aromatic heterocycles. The summed E-state index contributed by atoms with van der Waals surface area (Å²) >= 11 is 0. The van der Waals surface area contributed by atoms with Gasteiger partial charge in [-0.25, -0.2) is 9.98 Å². The van der Waals surface area contributed by atoms with E-state index < -0.39 is 0 Å². The van der Waals surface area contributed by atoms with Crippen LogP contribution in [0.25, 0.3) is 0 Å². The quantitative estimate of drug-likeness (QED) is 0.0721. The number of aliphatic imine (C=N–C) groups is 14. The van der Waals surface area contributed by atoms with Crippen LogP contribution in [0.2, 0.25) is 0 Å². The molecule has 0 radical (unpaired) electrons. The van der Waals surface area contributed by atoms with Crippen LogP contribution in [0.15, 0.2) is 161 Å². The van der Waals surface area contributed by atoms with Crippen molar-refractivity contribution < 1.29 is 0 Å². The van der Waals surface area contributed by atoms with E-state index in [0.717, 1.165) is 50.6 Å². The molecule has 40 nitrogen and oxygen atoms in total. The van der Waals surface area contributed by atoms with Crippen LogP contribution in [-0.2, 0) is 13.0 Å². The number of guanidine groups is 16. The number of rotatable bonds is 16. The number of nitrogens with zero attached hydrogens (tertiary/aromatic N) is 16. The summed E-state index contributed by atoms with van der Waals surface area (Å²) < 4.78 is 0. The molecule has 0 spiro atoms. The average Bonchev–Trinajstić information content (AvgIpc) is 0.916. The van der Waals surface area contributed by atoms with Crippen LogP contribution in [0.3, 0.4) is 0 Å². The van der Waals surface area contributed by atoms with Crippen molar-refractivity contribution in [2.75, 3.05) is 74.5 Å². The lowest BCUT2D eigenvalue weighted by atomic mass is 9.89. The minimum Gasteiger partial charge on any atom is -0.370 e. The normalized spacial score (nSPS) is 16.4. The number of nitrogens with one attached hydrogen (secondary N) is 5. The zero-order valence-electron chi connectivity index (χ0n) is 70.0. The first-order valence-corrected chi connectivity index (χ1v) is 39.9. The molecular formula is C77H144N40. The van der Waals surface area contributed by atoms with Crippen LogP contribution in [0, 0.1) is 40.4 Å². The minimum absolute atomic E-state index is 0.0325. The molecule has 5 aliphatic carbocycles. The van der Waals surface area contributed by atoms with Crippen molar-refractivity contribution in [2.24, 2.45) is 208 Å². The molecule has 0 heterocycles. The monoisotopic (exact) mass is 1630 g/mol. The third-order valence-corrected chi connectivity index (χ3v) is 18.4. The molecule has 0 saturated heterocycles. The van der Waals surface area contributed by atoms with E-state index in [0.29, 0.717) is 72.2 Å². The lowest BCUT2D eigenvalue weighted by molar-refractivity contribution is 0.356. The maximum absolute atomic E-state index is 7.20. The van der Waals surface area contributed by atoms with E-state index in [1.807, 2.05) is 93.0 Å². The highest BCUT2D eigenvalue weighted by Gasteiger charge is 2.18. The Morgan fingerprint density at radius 1 is 0.368 bits per heavy atom. The van der Waals surface area contributed by atoms with Gasteiger partial charge in [0.2, 0.25) is 29.8 Å². The largest absolute Gasteiger partial charge is 0.370 e. The zero-order chi connectivity index (χ0) is 87.0. The highest BCUT2D eigenvalue weighted by atomic mass is 15.3. The summed E-state index contributed by atoms with van der Waals surface area (Å²) in [5.74, 6) is 5.74. The molecule has 0 amide bonds. The molecule has 5 saturated carbocycles. The molecule has 0 bridgehead atoms. The van der Waals surface area contributed by atoms with E-state index in [1.54, 1.807) is 38.2 Å². The van der Waals surface area contributed by atoms with Crippen molar-refractivity contribution in [1.82, 2.24) is 25.8 Å². The fourth-order valence-corrected chi connectivity index (χ4v) is 12.0. The SMILES string of the molecule is CN(C(=N)N)C(N)=NCC1CCCCC1.CN(C)C(N)=NC(N)=NCC1CCCCC1.CN=C(N)NC(N)=NCC1CCCCC1.CN=C(NCC1CCCCC1)NC(=N)N.NC(N)=NC(N)=NCC1CCCCC1.NC(N)=NC(N)=NCCc1ccccc1.NC(N)=NC(N)=NCc1ccccc1.NC(N)=NC(N)=Nc1ccccc1. The van der Waals surface area contributed by atoms with Crippen molar-refractivity contribution in [2.45, 2.75) is 173 Å². The Hall–Kier alpha value is -12.4. The topological polar surface area (TPSA) is 758 Å². The lowest BCUT2D eigenvalue weighted by Gasteiger charge is -2.22. The van der Waals surface area contributed by atoms with Gasteiger partial charge in [0, 0.05) is 74.5 Å². The Morgan fingerprint density at radius 3 is 1.11 bits per heavy atom. The van der Waals surface area contributed by atoms with Gasteiger partial charge in [0.15, 0.2) is 65.6 Å². The number of hydrogen-bond acceptors (Lipinski definition) is 11. The third-order valence-electron chi connectivity index (χ3n) is 18.4. The minimum atomic E-state index is -0.0998. The van der Waals surface area contributed by atoms with E-state index in [9.17, 15) is 0 Å². The Bertz CT molecular complexity index is 3630. The Morgan fingerprint density at radius 2 is 0.726 bits per heavy atom. The van der Waals surface area contributed by atoms with Crippen molar-refractivity contribution in [3.63, 3.8) is 0 Å². The highest BCUT2D eigenvalue weighted by Crippen LogP contribution is 2.27. The van der Waals surface area contributed by atoms with Gasteiger partial charge in [-0.3, -0.25) is 61.3 Å². The molecule has 652 valence electrons. The summed E-state index contributed by atoms with van der Waals surface area (Å²) in [7, 11) is 8.60. The van der Waals surface area contributed by atoms with Crippen molar-refractivity contribution in [3.05, 3.63) is 102 Å². The smallest absolute Gasteiger partial charge is 0.223 e. The van der Waals surface area contributed by atoms with Gasteiger partial charge in [-0.1, -0.05) is 175 Å². The highest BCUT2D eigenvalue weighted by molar-refractivity contribution is 5.98. The van der Waals surface area contributed by atoms with Crippen LogP contribution in [0.5, 0.6) is 0 Å². The fourth-order valence-electron chi connectivity index (χ4n) is 12.0. The third kappa shape index (κ3) is 58.1. The second-order valence-corrected chi connectivity index (χ2v) is 28.5. The maximum Gasteiger partial charge on any atom is 0.223 e. The molecule has 5 aliphatic rings. The number of hydrogen-bond donors (Lipinski definition) is 24. The summed E-state index contributed by atoms with van der Waals surface area (Å²) in [4.78, 5) is 58.1. The zero-order valence-corrected chi connectivity index (χ0v) is 70.0. The van der Waals surface area contributed by atoms with Crippen LogP contribution < -0.4 is 125 Å². The first-order valence-electron chi connectivity index (χ1n) is 39.9. The second kappa shape index (κ2) is 63.9. The summed E-state index contributed by atoms with van der Waals surface area (Å²) in [5.41, 5.74) is 105.